The number of benzene rings is 2. The second-order valence-corrected chi connectivity index (χ2v) is 6.40. The number of carbonyl (C=O) groups excluding carboxylic acids is 1. The third-order valence-electron chi connectivity index (χ3n) is 4.29. The molecule has 0 atom stereocenters. The molecule has 0 fully saturated rings. The highest BCUT2D eigenvalue weighted by Crippen LogP contribution is 2.18. The molecule has 0 unspecified atom stereocenters. The number of nitrogens with zero attached hydrogens (tertiary/aromatic N) is 4. The zero-order valence-electron chi connectivity index (χ0n) is 15.4. The van der Waals surface area contributed by atoms with Crippen molar-refractivity contribution in [3.8, 4) is 11.5 Å². The topological polar surface area (TPSA) is 72.7 Å². The van der Waals surface area contributed by atoms with Gasteiger partial charge in [-0.05, 0) is 36.8 Å². The number of nitrogens with one attached hydrogen (secondary N) is 1. The molecular weight excluding hydrogens is 350 g/mol. The van der Waals surface area contributed by atoms with E-state index in [9.17, 15) is 4.79 Å². The molecule has 0 saturated carbocycles. The monoisotopic (exact) mass is 369 g/mol. The van der Waals surface area contributed by atoms with Crippen LogP contribution in [0.1, 0.15) is 21.5 Å². The van der Waals surface area contributed by atoms with Crippen molar-refractivity contribution in [2.45, 2.75) is 13.5 Å². The summed E-state index contributed by atoms with van der Waals surface area (Å²) in [4.78, 5) is 21.8. The highest BCUT2D eigenvalue weighted by Gasteiger charge is 2.19. The van der Waals surface area contributed by atoms with E-state index in [0.717, 1.165) is 11.1 Å². The van der Waals surface area contributed by atoms with Crippen LogP contribution in [-0.4, -0.2) is 25.7 Å². The van der Waals surface area contributed by atoms with Crippen LogP contribution in [0, 0.1) is 6.92 Å². The summed E-state index contributed by atoms with van der Waals surface area (Å²) in [5.74, 6) is 0.539. The van der Waals surface area contributed by atoms with Crippen LogP contribution in [0.5, 0.6) is 0 Å². The van der Waals surface area contributed by atoms with Gasteiger partial charge in [0.25, 0.3) is 5.91 Å². The lowest BCUT2D eigenvalue weighted by Crippen LogP contribution is -2.17. The Bertz CT molecular complexity index is 1070. The number of aryl methyl sites for hydroxylation is 1. The van der Waals surface area contributed by atoms with Crippen molar-refractivity contribution in [2.75, 3.05) is 5.32 Å². The van der Waals surface area contributed by atoms with Gasteiger partial charge in [0.15, 0.2) is 0 Å². The summed E-state index contributed by atoms with van der Waals surface area (Å²) in [6.45, 7) is 2.51. The fourth-order valence-electron chi connectivity index (χ4n) is 2.77. The minimum atomic E-state index is -0.245. The Kier molecular flexibility index (Phi) is 4.93. The van der Waals surface area contributed by atoms with E-state index < -0.39 is 0 Å². The van der Waals surface area contributed by atoms with Gasteiger partial charge in [0.05, 0.1) is 0 Å². The molecule has 2 aromatic heterocycles. The fraction of sp³-hybridized carbons (Fsp3) is 0.0909. The van der Waals surface area contributed by atoms with E-state index in [1.165, 1.54) is 4.68 Å². The molecule has 138 valence electrons. The number of pyridine rings is 1. The lowest BCUT2D eigenvalue weighted by Gasteiger charge is -2.07. The van der Waals surface area contributed by atoms with Gasteiger partial charge in [-0.25, -0.2) is 0 Å². The van der Waals surface area contributed by atoms with Crippen LogP contribution in [0.25, 0.3) is 11.5 Å². The maximum Gasteiger partial charge on any atom is 0.281 e. The second-order valence-electron chi connectivity index (χ2n) is 6.40. The molecule has 0 radical (unpaired) electrons. The Morgan fingerprint density at radius 1 is 0.964 bits per heavy atom. The highest BCUT2D eigenvalue weighted by molar-refractivity contribution is 5.97. The van der Waals surface area contributed by atoms with Gasteiger partial charge in [0.2, 0.25) is 11.8 Å². The van der Waals surface area contributed by atoms with Crippen LogP contribution in [0.4, 0.5) is 5.95 Å². The average molecular weight is 369 g/mol. The van der Waals surface area contributed by atoms with Crippen molar-refractivity contribution in [1.82, 2.24) is 19.7 Å². The van der Waals surface area contributed by atoms with E-state index in [1.54, 1.807) is 18.3 Å². The van der Waals surface area contributed by atoms with E-state index >= 15 is 0 Å². The molecule has 0 aliphatic rings. The molecule has 6 nitrogen and oxygen atoms in total. The van der Waals surface area contributed by atoms with Crippen molar-refractivity contribution in [3.05, 3.63) is 95.7 Å². The molecule has 0 aliphatic heterocycles. The Morgan fingerprint density at radius 2 is 1.71 bits per heavy atom. The zero-order chi connectivity index (χ0) is 19.3. The lowest BCUT2D eigenvalue weighted by molar-refractivity contribution is 0.0947. The Morgan fingerprint density at radius 3 is 2.43 bits per heavy atom. The van der Waals surface area contributed by atoms with Crippen LogP contribution in [0.15, 0.2) is 79.0 Å². The average Bonchev–Trinajstić information content (AvgIpc) is 3.18. The largest absolute Gasteiger partial charge is 0.350 e. The minimum absolute atomic E-state index is 0.245. The smallest absolute Gasteiger partial charge is 0.281 e. The maximum absolute atomic E-state index is 13.0. The number of hydrogen-bond acceptors (Lipinski definition) is 5. The summed E-state index contributed by atoms with van der Waals surface area (Å²) in [7, 11) is 0. The summed E-state index contributed by atoms with van der Waals surface area (Å²) in [5.41, 5.74) is 3.33. The molecule has 0 aliphatic carbocycles. The van der Waals surface area contributed by atoms with Gasteiger partial charge in [0, 0.05) is 18.3 Å². The van der Waals surface area contributed by atoms with Crippen molar-refractivity contribution < 1.29 is 4.79 Å². The first-order chi connectivity index (χ1) is 13.7. The summed E-state index contributed by atoms with van der Waals surface area (Å²) in [6, 6.07) is 22.8. The fourth-order valence-corrected chi connectivity index (χ4v) is 2.77. The van der Waals surface area contributed by atoms with E-state index in [1.807, 2.05) is 67.6 Å². The molecular formula is C22H19N5O. The Hall–Kier alpha value is -3.80. The third kappa shape index (κ3) is 3.81. The molecule has 0 amide bonds. The lowest BCUT2D eigenvalue weighted by atomic mass is 10.1. The van der Waals surface area contributed by atoms with Crippen molar-refractivity contribution >= 4 is 11.9 Å². The van der Waals surface area contributed by atoms with Crippen LogP contribution in [0.3, 0.4) is 0 Å². The first-order valence-corrected chi connectivity index (χ1v) is 8.98. The van der Waals surface area contributed by atoms with Gasteiger partial charge < -0.3 is 5.32 Å². The second kappa shape index (κ2) is 7.84. The first kappa shape index (κ1) is 17.6. The Balaban J connectivity index is 1.69. The van der Waals surface area contributed by atoms with Crippen LogP contribution < -0.4 is 5.32 Å². The quantitative estimate of drug-likeness (QED) is 0.577. The Labute approximate surface area is 162 Å². The normalized spacial score (nSPS) is 10.6. The van der Waals surface area contributed by atoms with Crippen LogP contribution in [0.2, 0.25) is 0 Å². The standard InChI is InChI=1S/C22H19N5O/c1-16-10-12-18(13-11-16)21(28)27-22(24-15-17-7-3-2-4-8-17)25-20(26-27)19-9-5-6-14-23-19/h2-14H,15H2,1H3,(H,24,25,26). The van der Waals surface area contributed by atoms with Gasteiger partial charge in [-0.15, -0.1) is 5.10 Å². The van der Waals surface area contributed by atoms with Crippen LogP contribution >= 0.6 is 0 Å². The minimum Gasteiger partial charge on any atom is -0.350 e. The van der Waals surface area contributed by atoms with Crippen molar-refractivity contribution in [2.24, 2.45) is 0 Å². The van der Waals surface area contributed by atoms with Crippen molar-refractivity contribution in [3.63, 3.8) is 0 Å². The SMILES string of the molecule is Cc1ccc(C(=O)n2nc(-c3ccccn3)nc2NCc2ccccc2)cc1. The number of carbonyl (C=O) groups is 1. The van der Waals surface area contributed by atoms with Crippen LogP contribution in [-0.2, 0) is 6.54 Å². The molecule has 4 aromatic rings. The maximum atomic E-state index is 13.0. The summed E-state index contributed by atoms with van der Waals surface area (Å²) in [5, 5.41) is 7.64. The molecule has 0 spiro atoms. The van der Waals surface area contributed by atoms with Gasteiger partial charge in [-0.1, -0.05) is 54.1 Å². The van der Waals surface area contributed by atoms with E-state index in [0.29, 0.717) is 29.6 Å². The molecule has 0 saturated heterocycles. The van der Waals surface area contributed by atoms with E-state index in [2.05, 4.69) is 20.4 Å². The van der Waals surface area contributed by atoms with Gasteiger partial charge in [-0.2, -0.15) is 9.67 Å². The van der Waals surface area contributed by atoms with Gasteiger partial charge in [0.1, 0.15) is 5.69 Å². The predicted molar refractivity (Wildman–Crippen MR) is 108 cm³/mol. The number of aromatic nitrogens is 4. The van der Waals surface area contributed by atoms with Gasteiger partial charge in [-0.3, -0.25) is 9.78 Å². The number of hydrogen-bond donors (Lipinski definition) is 1. The zero-order valence-corrected chi connectivity index (χ0v) is 15.4. The molecule has 6 heteroatoms. The van der Waals surface area contributed by atoms with E-state index in [4.69, 9.17) is 0 Å². The summed E-state index contributed by atoms with van der Waals surface area (Å²) in [6.07, 6.45) is 1.68. The highest BCUT2D eigenvalue weighted by atomic mass is 16.2. The third-order valence-corrected chi connectivity index (χ3v) is 4.29. The molecule has 28 heavy (non-hydrogen) atoms. The molecule has 2 heterocycles. The molecule has 1 N–H and O–H groups in total. The van der Waals surface area contributed by atoms with Crippen molar-refractivity contribution in [1.29, 1.82) is 0 Å². The predicted octanol–water partition coefficient (Wildman–Crippen LogP) is 3.95. The summed E-state index contributed by atoms with van der Waals surface area (Å²) >= 11 is 0. The number of rotatable bonds is 5. The molecule has 2 aromatic carbocycles. The summed E-state index contributed by atoms with van der Waals surface area (Å²) < 4.78 is 1.30. The molecule has 4 rings (SSSR count). The molecule has 0 bridgehead atoms. The van der Waals surface area contributed by atoms with E-state index in [-0.39, 0.29) is 5.91 Å². The number of anilines is 1. The first-order valence-electron chi connectivity index (χ1n) is 8.98. The van der Waals surface area contributed by atoms with Gasteiger partial charge >= 0.3 is 0 Å².